The number of rotatable bonds is 11. The first kappa shape index (κ1) is 24.2. The summed E-state index contributed by atoms with van der Waals surface area (Å²) in [6.07, 6.45) is 4.10. The van der Waals surface area contributed by atoms with Crippen LogP contribution in [0.4, 0.5) is 0 Å². The van der Waals surface area contributed by atoms with Crippen LogP contribution in [0.1, 0.15) is 48.0 Å². The largest absolute Gasteiger partial charge is 0.381 e. The maximum Gasteiger partial charge on any atom is 0.255 e. The van der Waals surface area contributed by atoms with E-state index in [4.69, 9.17) is 9.47 Å². The zero-order valence-corrected chi connectivity index (χ0v) is 19.9. The van der Waals surface area contributed by atoms with E-state index in [2.05, 4.69) is 10.2 Å². The predicted molar refractivity (Wildman–Crippen MR) is 125 cm³/mol. The van der Waals surface area contributed by atoms with Gasteiger partial charge >= 0.3 is 0 Å². The molecule has 3 heterocycles. The van der Waals surface area contributed by atoms with Crippen LogP contribution < -0.4 is 5.32 Å². The second-order valence-electron chi connectivity index (χ2n) is 8.66. The Morgan fingerprint density at radius 3 is 2.76 bits per heavy atom. The van der Waals surface area contributed by atoms with E-state index in [0.29, 0.717) is 25.1 Å². The molecular formula is C24H33N3O5S. The summed E-state index contributed by atoms with van der Waals surface area (Å²) < 4.78 is 11.2. The van der Waals surface area contributed by atoms with Crippen molar-refractivity contribution in [1.29, 1.82) is 0 Å². The average Bonchev–Trinajstić information content (AvgIpc) is 3.15. The molecular weight excluding hydrogens is 442 g/mol. The quantitative estimate of drug-likeness (QED) is 0.298. The number of fused-ring (bicyclic) bond motifs is 1. The van der Waals surface area contributed by atoms with Crippen molar-refractivity contribution in [2.75, 3.05) is 51.8 Å². The third-order valence-corrected chi connectivity index (χ3v) is 7.46. The number of benzene rings is 1. The van der Waals surface area contributed by atoms with Crippen molar-refractivity contribution in [2.45, 2.75) is 49.6 Å². The summed E-state index contributed by atoms with van der Waals surface area (Å²) in [4.78, 5) is 41.7. The van der Waals surface area contributed by atoms with Gasteiger partial charge in [-0.25, -0.2) is 0 Å². The fraction of sp³-hybridized carbons (Fsp3) is 0.625. The highest BCUT2D eigenvalue weighted by Crippen LogP contribution is 2.34. The molecule has 3 aliphatic heterocycles. The molecule has 0 saturated carbocycles. The number of morpholine rings is 1. The Morgan fingerprint density at radius 1 is 1.09 bits per heavy atom. The number of hydrogen-bond acceptors (Lipinski definition) is 7. The summed E-state index contributed by atoms with van der Waals surface area (Å²) in [6.45, 7) is 6.81. The number of hydrogen-bond donors (Lipinski definition) is 1. The number of carbonyl (C=O) groups is 3. The lowest BCUT2D eigenvalue weighted by Gasteiger charge is -2.29. The summed E-state index contributed by atoms with van der Waals surface area (Å²) in [6, 6.07) is 5.16. The molecule has 0 aromatic heterocycles. The maximum absolute atomic E-state index is 12.9. The minimum Gasteiger partial charge on any atom is -0.381 e. The topological polar surface area (TPSA) is 88.2 Å². The second-order valence-corrected chi connectivity index (χ2v) is 9.79. The van der Waals surface area contributed by atoms with Gasteiger partial charge in [0.2, 0.25) is 11.8 Å². The third-order valence-electron chi connectivity index (χ3n) is 6.39. The van der Waals surface area contributed by atoms with Gasteiger partial charge in [0, 0.05) is 48.9 Å². The maximum atomic E-state index is 12.9. The van der Waals surface area contributed by atoms with Crippen molar-refractivity contribution >= 4 is 29.5 Å². The van der Waals surface area contributed by atoms with E-state index in [1.54, 1.807) is 16.7 Å². The Hall–Kier alpha value is -1.94. The Kier molecular flexibility index (Phi) is 8.77. The van der Waals surface area contributed by atoms with E-state index in [9.17, 15) is 14.4 Å². The summed E-state index contributed by atoms with van der Waals surface area (Å²) >= 11 is 1.69. The molecule has 1 aromatic rings. The van der Waals surface area contributed by atoms with Gasteiger partial charge in [-0.1, -0.05) is 6.07 Å². The van der Waals surface area contributed by atoms with Crippen LogP contribution in [0.15, 0.2) is 23.1 Å². The summed E-state index contributed by atoms with van der Waals surface area (Å²) in [5.41, 5.74) is 1.63. The lowest BCUT2D eigenvalue weighted by molar-refractivity contribution is -0.136. The van der Waals surface area contributed by atoms with E-state index < -0.39 is 6.04 Å². The average molecular weight is 476 g/mol. The van der Waals surface area contributed by atoms with Crippen LogP contribution in [0.3, 0.4) is 0 Å². The number of unbranched alkanes of at least 4 members (excludes halogenated alkanes) is 2. The highest BCUT2D eigenvalue weighted by molar-refractivity contribution is 7.99. The molecule has 9 heteroatoms. The number of nitrogens with one attached hydrogen (secondary N) is 1. The number of amides is 3. The van der Waals surface area contributed by atoms with E-state index in [1.807, 2.05) is 18.2 Å². The molecule has 180 valence electrons. The SMILES string of the molecule is O=C1CCC(N2Cc3c(SCCOCCCCCN4CCOCC4)cccc3C2=O)C(=O)N1. The second kappa shape index (κ2) is 12.0. The minimum absolute atomic E-state index is 0.129. The Labute approximate surface area is 199 Å². The number of imide groups is 1. The molecule has 3 aliphatic rings. The van der Waals surface area contributed by atoms with E-state index in [0.717, 1.165) is 62.1 Å². The lowest BCUT2D eigenvalue weighted by atomic mass is 10.0. The molecule has 0 spiro atoms. The number of thioether (sulfide) groups is 1. The molecule has 0 bridgehead atoms. The van der Waals surface area contributed by atoms with Crippen molar-refractivity contribution in [3.8, 4) is 0 Å². The molecule has 2 saturated heterocycles. The van der Waals surface area contributed by atoms with Crippen molar-refractivity contribution in [3.05, 3.63) is 29.3 Å². The van der Waals surface area contributed by atoms with Crippen LogP contribution in [0, 0.1) is 0 Å². The fourth-order valence-electron chi connectivity index (χ4n) is 4.55. The van der Waals surface area contributed by atoms with Gasteiger partial charge in [0.25, 0.3) is 5.91 Å². The third kappa shape index (κ3) is 6.35. The van der Waals surface area contributed by atoms with Crippen molar-refractivity contribution in [2.24, 2.45) is 0 Å². The number of carbonyl (C=O) groups excluding carboxylic acids is 3. The standard InChI is InChI=1S/C24H33N3O5S/c28-22-8-7-20(23(29)25-22)27-17-19-18(24(27)30)5-4-6-21(19)33-16-15-31-12-3-1-2-9-26-10-13-32-14-11-26/h4-6,20H,1-3,7-17H2,(H,25,28,29). The highest BCUT2D eigenvalue weighted by atomic mass is 32.2. The summed E-state index contributed by atoms with van der Waals surface area (Å²) in [7, 11) is 0. The van der Waals surface area contributed by atoms with Gasteiger partial charge in [-0.05, 0) is 49.9 Å². The first-order chi connectivity index (χ1) is 16.1. The van der Waals surface area contributed by atoms with Gasteiger partial charge in [-0.15, -0.1) is 11.8 Å². The Morgan fingerprint density at radius 2 is 1.94 bits per heavy atom. The molecule has 33 heavy (non-hydrogen) atoms. The van der Waals surface area contributed by atoms with Crippen molar-refractivity contribution < 1.29 is 23.9 Å². The number of nitrogens with zero attached hydrogens (tertiary/aromatic N) is 2. The van der Waals surface area contributed by atoms with Crippen LogP contribution in [0.5, 0.6) is 0 Å². The van der Waals surface area contributed by atoms with Gasteiger partial charge in [0.05, 0.1) is 19.8 Å². The van der Waals surface area contributed by atoms with E-state index in [-0.39, 0.29) is 24.1 Å². The number of piperidine rings is 1. The Balaban J connectivity index is 1.16. The molecule has 4 rings (SSSR count). The smallest absolute Gasteiger partial charge is 0.255 e. The summed E-state index contributed by atoms with van der Waals surface area (Å²) in [5.74, 6) is 0.0422. The van der Waals surface area contributed by atoms with Crippen molar-refractivity contribution in [3.63, 3.8) is 0 Å². The van der Waals surface area contributed by atoms with E-state index >= 15 is 0 Å². The molecule has 0 radical (unpaired) electrons. The first-order valence-electron chi connectivity index (χ1n) is 11.9. The highest BCUT2D eigenvalue weighted by Gasteiger charge is 2.39. The summed E-state index contributed by atoms with van der Waals surface area (Å²) in [5, 5.41) is 2.35. The van der Waals surface area contributed by atoms with Crippen LogP contribution in [-0.2, 0) is 25.6 Å². The van der Waals surface area contributed by atoms with Crippen LogP contribution in [0.25, 0.3) is 0 Å². The zero-order valence-electron chi connectivity index (χ0n) is 19.1. The Bertz CT molecular complexity index is 859. The van der Waals surface area contributed by atoms with Crippen LogP contribution in [-0.4, -0.2) is 85.4 Å². The van der Waals surface area contributed by atoms with Gasteiger partial charge in [0.1, 0.15) is 6.04 Å². The lowest BCUT2D eigenvalue weighted by Crippen LogP contribution is -2.52. The van der Waals surface area contributed by atoms with Gasteiger partial charge < -0.3 is 14.4 Å². The molecule has 3 amide bonds. The molecule has 1 aromatic carbocycles. The number of ether oxygens (including phenoxy) is 2. The van der Waals surface area contributed by atoms with Gasteiger partial charge in [-0.2, -0.15) is 0 Å². The monoisotopic (exact) mass is 475 g/mol. The molecule has 1 N–H and O–H groups in total. The molecule has 1 atom stereocenters. The predicted octanol–water partition coefficient (Wildman–Crippen LogP) is 2.06. The molecule has 1 unspecified atom stereocenters. The minimum atomic E-state index is -0.577. The zero-order chi connectivity index (χ0) is 23.0. The van der Waals surface area contributed by atoms with Gasteiger partial charge in [-0.3, -0.25) is 24.6 Å². The molecule has 8 nitrogen and oxygen atoms in total. The normalized spacial score (nSPS) is 21.4. The molecule has 2 fully saturated rings. The molecule has 0 aliphatic carbocycles. The van der Waals surface area contributed by atoms with Gasteiger partial charge in [0.15, 0.2) is 0 Å². The van der Waals surface area contributed by atoms with Crippen LogP contribution >= 0.6 is 11.8 Å². The van der Waals surface area contributed by atoms with Crippen molar-refractivity contribution in [1.82, 2.24) is 15.1 Å². The first-order valence-corrected chi connectivity index (χ1v) is 12.9. The van der Waals surface area contributed by atoms with Crippen LogP contribution in [0.2, 0.25) is 0 Å². The van der Waals surface area contributed by atoms with E-state index in [1.165, 1.54) is 12.8 Å². The fourth-order valence-corrected chi connectivity index (χ4v) is 5.49.